The quantitative estimate of drug-likeness (QED) is 0.781. The SMILES string of the molecule is CCCn1ncc(Cl)c1C(=O)Cc1ccc(Cl)cc1. The molecule has 0 aliphatic rings. The fourth-order valence-corrected chi connectivity index (χ4v) is 2.26. The summed E-state index contributed by atoms with van der Waals surface area (Å²) in [7, 11) is 0. The van der Waals surface area contributed by atoms with Gasteiger partial charge in [-0.3, -0.25) is 9.48 Å². The molecular formula is C14H14Cl2N2O. The average molecular weight is 297 g/mol. The van der Waals surface area contributed by atoms with Crippen LogP contribution in [0.25, 0.3) is 0 Å². The Kier molecular flexibility index (Phi) is 4.61. The number of benzene rings is 1. The minimum Gasteiger partial charge on any atom is -0.292 e. The summed E-state index contributed by atoms with van der Waals surface area (Å²) in [5.41, 5.74) is 1.40. The fraction of sp³-hybridized carbons (Fsp3) is 0.286. The maximum Gasteiger partial charge on any atom is 0.186 e. The minimum absolute atomic E-state index is 0.0294. The molecule has 3 nitrogen and oxygen atoms in total. The summed E-state index contributed by atoms with van der Waals surface area (Å²) >= 11 is 11.9. The number of Topliss-reactive ketones (excluding diaryl/α,β-unsaturated/α-hetero) is 1. The van der Waals surface area contributed by atoms with Gasteiger partial charge in [-0.25, -0.2) is 0 Å². The molecule has 0 unspecified atom stereocenters. The third-order valence-electron chi connectivity index (χ3n) is 2.77. The number of ketones is 1. The van der Waals surface area contributed by atoms with Gasteiger partial charge in [-0.05, 0) is 24.1 Å². The first kappa shape index (κ1) is 14.1. The fourth-order valence-electron chi connectivity index (χ4n) is 1.89. The molecule has 1 heterocycles. The van der Waals surface area contributed by atoms with Crippen LogP contribution in [0.5, 0.6) is 0 Å². The van der Waals surface area contributed by atoms with Crippen LogP contribution >= 0.6 is 23.2 Å². The van der Waals surface area contributed by atoms with E-state index in [-0.39, 0.29) is 5.78 Å². The molecule has 0 fully saturated rings. The highest BCUT2D eigenvalue weighted by Crippen LogP contribution is 2.19. The Labute approximate surface area is 122 Å². The highest BCUT2D eigenvalue weighted by molar-refractivity contribution is 6.33. The second kappa shape index (κ2) is 6.22. The van der Waals surface area contributed by atoms with E-state index in [9.17, 15) is 4.79 Å². The van der Waals surface area contributed by atoms with E-state index in [0.29, 0.717) is 28.7 Å². The van der Waals surface area contributed by atoms with Crippen molar-refractivity contribution in [3.05, 3.63) is 51.8 Å². The zero-order chi connectivity index (χ0) is 13.8. The van der Waals surface area contributed by atoms with Gasteiger partial charge >= 0.3 is 0 Å². The summed E-state index contributed by atoms with van der Waals surface area (Å²) in [5.74, 6) is -0.0294. The van der Waals surface area contributed by atoms with Crippen LogP contribution in [0, 0.1) is 0 Å². The molecule has 0 atom stereocenters. The molecule has 0 saturated heterocycles. The molecule has 1 aromatic carbocycles. The van der Waals surface area contributed by atoms with Crippen LogP contribution in [-0.4, -0.2) is 15.6 Å². The summed E-state index contributed by atoms with van der Waals surface area (Å²) in [5, 5.41) is 5.19. The van der Waals surface area contributed by atoms with Crippen LogP contribution in [0.4, 0.5) is 0 Å². The second-order valence-electron chi connectivity index (χ2n) is 4.29. The normalized spacial score (nSPS) is 10.7. The van der Waals surface area contributed by atoms with Gasteiger partial charge in [0.2, 0.25) is 0 Å². The number of nitrogens with zero attached hydrogens (tertiary/aromatic N) is 2. The van der Waals surface area contributed by atoms with Crippen LogP contribution in [-0.2, 0) is 13.0 Å². The van der Waals surface area contributed by atoms with E-state index in [2.05, 4.69) is 5.10 Å². The lowest BCUT2D eigenvalue weighted by molar-refractivity contribution is 0.0982. The van der Waals surface area contributed by atoms with Crippen LogP contribution in [0.2, 0.25) is 10.0 Å². The van der Waals surface area contributed by atoms with E-state index < -0.39 is 0 Å². The first-order valence-electron chi connectivity index (χ1n) is 6.10. The second-order valence-corrected chi connectivity index (χ2v) is 5.13. The molecule has 100 valence electrons. The highest BCUT2D eigenvalue weighted by Gasteiger charge is 2.17. The Bertz CT molecular complexity index is 576. The van der Waals surface area contributed by atoms with Crippen molar-refractivity contribution in [2.45, 2.75) is 26.3 Å². The van der Waals surface area contributed by atoms with Crippen molar-refractivity contribution in [1.82, 2.24) is 9.78 Å². The average Bonchev–Trinajstić information content (AvgIpc) is 2.74. The van der Waals surface area contributed by atoms with Gasteiger partial charge in [-0.2, -0.15) is 5.10 Å². The lowest BCUT2D eigenvalue weighted by Crippen LogP contribution is -2.13. The Morgan fingerprint density at radius 1 is 1.26 bits per heavy atom. The molecule has 1 aromatic heterocycles. The number of carbonyl (C=O) groups is 1. The third kappa shape index (κ3) is 3.37. The Hall–Kier alpha value is -1.32. The topological polar surface area (TPSA) is 34.9 Å². The molecule has 0 aliphatic heterocycles. The van der Waals surface area contributed by atoms with Crippen LogP contribution < -0.4 is 0 Å². The number of carbonyl (C=O) groups excluding carboxylic acids is 1. The van der Waals surface area contributed by atoms with Crippen molar-refractivity contribution >= 4 is 29.0 Å². The molecule has 19 heavy (non-hydrogen) atoms. The van der Waals surface area contributed by atoms with Gasteiger partial charge in [0.25, 0.3) is 0 Å². The van der Waals surface area contributed by atoms with Crippen LogP contribution in [0.15, 0.2) is 30.5 Å². The Balaban J connectivity index is 2.20. The van der Waals surface area contributed by atoms with E-state index in [1.807, 2.05) is 19.1 Å². The number of halogens is 2. The van der Waals surface area contributed by atoms with E-state index >= 15 is 0 Å². The molecule has 0 saturated carbocycles. The Morgan fingerprint density at radius 3 is 2.58 bits per heavy atom. The lowest BCUT2D eigenvalue weighted by atomic mass is 10.1. The van der Waals surface area contributed by atoms with Crippen molar-refractivity contribution in [2.75, 3.05) is 0 Å². The molecule has 2 aromatic rings. The predicted molar refractivity (Wildman–Crippen MR) is 77.0 cm³/mol. The Morgan fingerprint density at radius 2 is 1.95 bits per heavy atom. The smallest absolute Gasteiger partial charge is 0.186 e. The van der Waals surface area contributed by atoms with Gasteiger partial charge in [0.05, 0.1) is 11.2 Å². The van der Waals surface area contributed by atoms with E-state index in [1.165, 1.54) is 6.20 Å². The van der Waals surface area contributed by atoms with Gasteiger partial charge < -0.3 is 0 Å². The van der Waals surface area contributed by atoms with Crippen molar-refractivity contribution < 1.29 is 4.79 Å². The van der Waals surface area contributed by atoms with Gasteiger partial charge in [-0.1, -0.05) is 42.3 Å². The molecule has 2 rings (SSSR count). The van der Waals surface area contributed by atoms with Crippen molar-refractivity contribution in [3.63, 3.8) is 0 Å². The standard InChI is InChI=1S/C14H14Cl2N2O/c1-2-7-18-14(12(16)9-17-18)13(19)8-10-3-5-11(15)6-4-10/h3-6,9H,2,7-8H2,1H3. The number of aryl methyl sites for hydroxylation is 1. The first-order valence-corrected chi connectivity index (χ1v) is 6.86. The summed E-state index contributed by atoms with van der Waals surface area (Å²) < 4.78 is 1.67. The third-order valence-corrected chi connectivity index (χ3v) is 3.30. The van der Waals surface area contributed by atoms with Gasteiger partial charge in [0, 0.05) is 18.0 Å². The van der Waals surface area contributed by atoms with Crippen molar-refractivity contribution in [3.8, 4) is 0 Å². The van der Waals surface area contributed by atoms with E-state index in [0.717, 1.165) is 12.0 Å². The lowest BCUT2D eigenvalue weighted by Gasteiger charge is -2.06. The number of hydrogen-bond donors (Lipinski definition) is 0. The van der Waals surface area contributed by atoms with Crippen molar-refractivity contribution in [1.29, 1.82) is 0 Å². The zero-order valence-corrected chi connectivity index (χ0v) is 12.1. The molecule has 0 amide bonds. The summed E-state index contributed by atoms with van der Waals surface area (Å²) in [6.07, 6.45) is 2.72. The molecule has 0 bridgehead atoms. The van der Waals surface area contributed by atoms with Crippen molar-refractivity contribution in [2.24, 2.45) is 0 Å². The van der Waals surface area contributed by atoms with Crippen LogP contribution in [0.3, 0.4) is 0 Å². The maximum atomic E-state index is 12.3. The molecular weight excluding hydrogens is 283 g/mol. The first-order chi connectivity index (χ1) is 9.11. The maximum absolute atomic E-state index is 12.3. The van der Waals surface area contributed by atoms with Gasteiger partial charge in [0.1, 0.15) is 5.69 Å². The largest absolute Gasteiger partial charge is 0.292 e. The van der Waals surface area contributed by atoms with E-state index in [4.69, 9.17) is 23.2 Å². The molecule has 0 radical (unpaired) electrons. The predicted octanol–water partition coefficient (Wildman–Crippen LogP) is 4.03. The van der Waals surface area contributed by atoms with E-state index in [1.54, 1.807) is 16.8 Å². The highest BCUT2D eigenvalue weighted by atomic mass is 35.5. The zero-order valence-electron chi connectivity index (χ0n) is 10.6. The van der Waals surface area contributed by atoms with Crippen LogP contribution in [0.1, 0.15) is 29.4 Å². The van der Waals surface area contributed by atoms with Gasteiger partial charge in [-0.15, -0.1) is 0 Å². The molecule has 0 aliphatic carbocycles. The monoisotopic (exact) mass is 296 g/mol. The minimum atomic E-state index is -0.0294. The summed E-state index contributed by atoms with van der Waals surface area (Å²) in [4.78, 5) is 12.3. The van der Waals surface area contributed by atoms with Gasteiger partial charge in [0.15, 0.2) is 5.78 Å². The number of hydrogen-bond acceptors (Lipinski definition) is 2. The molecule has 0 spiro atoms. The number of aromatic nitrogens is 2. The summed E-state index contributed by atoms with van der Waals surface area (Å²) in [6.45, 7) is 2.72. The molecule has 0 N–H and O–H groups in total. The summed E-state index contributed by atoms with van der Waals surface area (Å²) in [6, 6.07) is 7.23. The number of rotatable bonds is 5. The molecule has 5 heteroatoms.